The molecule has 1 heterocycles. The van der Waals surface area contributed by atoms with Gasteiger partial charge >= 0.3 is 6.18 Å². The highest BCUT2D eigenvalue weighted by atomic mass is 19.4. The molecule has 0 saturated carbocycles. The van der Waals surface area contributed by atoms with Crippen molar-refractivity contribution in [3.05, 3.63) is 88.9 Å². The maximum absolute atomic E-state index is 13.1. The average molecular weight is 478 g/mol. The van der Waals surface area contributed by atoms with Crippen LogP contribution in [0.1, 0.15) is 53.8 Å². The van der Waals surface area contributed by atoms with Crippen LogP contribution in [0, 0.1) is 11.7 Å². The van der Waals surface area contributed by atoms with Crippen molar-refractivity contribution in [1.29, 1.82) is 0 Å². The van der Waals surface area contributed by atoms with Gasteiger partial charge in [0, 0.05) is 19.1 Å². The van der Waals surface area contributed by atoms with Gasteiger partial charge in [-0.25, -0.2) is 9.37 Å². The molecule has 0 aliphatic heterocycles. The third-order valence-corrected chi connectivity index (χ3v) is 5.67. The molecular weight excluding hydrogens is 450 g/mol. The van der Waals surface area contributed by atoms with Gasteiger partial charge in [0.05, 0.1) is 12.1 Å². The lowest BCUT2D eigenvalue weighted by Crippen LogP contribution is -2.36. The highest BCUT2D eigenvalue weighted by Gasteiger charge is 2.30. The maximum atomic E-state index is 13.1. The van der Waals surface area contributed by atoms with Crippen molar-refractivity contribution in [2.24, 2.45) is 5.92 Å². The summed E-state index contributed by atoms with van der Waals surface area (Å²) in [4.78, 5) is 18.6. The molecule has 0 aliphatic rings. The Morgan fingerprint density at radius 1 is 1.06 bits per heavy atom. The lowest BCUT2D eigenvalue weighted by atomic mass is 10.0. The Morgan fingerprint density at radius 2 is 1.76 bits per heavy atom. The minimum Gasteiger partial charge on any atom is -0.447 e. The van der Waals surface area contributed by atoms with Gasteiger partial charge in [-0.15, -0.1) is 0 Å². The SMILES string of the molecule is CC(C)[C@H](C)N(Cc1cccc(C(F)(F)F)c1)Cc1nc(C(=O)NCc2ccc(F)cc2)co1. The zero-order chi connectivity index (χ0) is 24.9. The molecule has 1 aromatic heterocycles. The van der Waals surface area contributed by atoms with E-state index in [1.807, 2.05) is 25.7 Å². The fraction of sp³-hybridized carbons (Fsp3) is 0.360. The number of oxazole rings is 1. The summed E-state index contributed by atoms with van der Waals surface area (Å²) in [6.45, 7) is 6.71. The fourth-order valence-corrected chi connectivity index (χ4v) is 3.38. The van der Waals surface area contributed by atoms with Gasteiger partial charge in [-0.2, -0.15) is 13.2 Å². The van der Waals surface area contributed by atoms with Crippen molar-refractivity contribution in [1.82, 2.24) is 15.2 Å². The number of hydrogen-bond donors (Lipinski definition) is 1. The molecule has 0 spiro atoms. The van der Waals surface area contributed by atoms with Crippen molar-refractivity contribution in [2.75, 3.05) is 0 Å². The Hall–Kier alpha value is -3.20. The third-order valence-electron chi connectivity index (χ3n) is 5.67. The summed E-state index contributed by atoms with van der Waals surface area (Å²) in [5, 5.41) is 2.70. The first-order valence-corrected chi connectivity index (χ1v) is 10.9. The van der Waals surface area contributed by atoms with Crippen LogP contribution in [0.15, 0.2) is 59.2 Å². The second-order valence-electron chi connectivity index (χ2n) is 8.52. The molecule has 0 aliphatic carbocycles. The van der Waals surface area contributed by atoms with Crippen LogP contribution in [-0.4, -0.2) is 21.8 Å². The van der Waals surface area contributed by atoms with E-state index in [-0.39, 0.29) is 49.0 Å². The van der Waals surface area contributed by atoms with E-state index < -0.39 is 17.6 Å². The van der Waals surface area contributed by atoms with E-state index in [0.717, 1.165) is 17.7 Å². The Kier molecular flexibility index (Phi) is 8.09. The molecule has 0 unspecified atom stereocenters. The number of amides is 1. The minimum absolute atomic E-state index is 0.0113. The average Bonchev–Trinajstić information content (AvgIpc) is 3.26. The van der Waals surface area contributed by atoms with Gasteiger partial charge in [-0.05, 0) is 42.2 Å². The van der Waals surface area contributed by atoms with E-state index in [2.05, 4.69) is 10.3 Å². The Balaban J connectivity index is 1.69. The number of nitrogens with one attached hydrogen (secondary N) is 1. The molecule has 182 valence electrons. The number of benzene rings is 2. The number of rotatable bonds is 9. The van der Waals surface area contributed by atoms with E-state index in [0.29, 0.717) is 5.56 Å². The highest BCUT2D eigenvalue weighted by molar-refractivity contribution is 5.91. The number of alkyl halides is 3. The van der Waals surface area contributed by atoms with Gasteiger partial charge in [0.25, 0.3) is 5.91 Å². The maximum Gasteiger partial charge on any atom is 0.416 e. The van der Waals surface area contributed by atoms with Crippen LogP contribution in [-0.2, 0) is 25.8 Å². The normalized spacial score (nSPS) is 12.9. The fourth-order valence-electron chi connectivity index (χ4n) is 3.38. The zero-order valence-corrected chi connectivity index (χ0v) is 19.2. The lowest BCUT2D eigenvalue weighted by molar-refractivity contribution is -0.137. The predicted molar refractivity (Wildman–Crippen MR) is 119 cm³/mol. The quantitative estimate of drug-likeness (QED) is 0.395. The Bertz CT molecular complexity index is 1090. The van der Waals surface area contributed by atoms with Gasteiger partial charge in [0.1, 0.15) is 12.1 Å². The van der Waals surface area contributed by atoms with E-state index in [1.165, 1.54) is 24.5 Å². The summed E-state index contributed by atoms with van der Waals surface area (Å²) in [5.41, 5.74) is 0.648. The first kappa shape index (κ1) is 25.4. The molecule has 5 nitrogen and oxygen atoms in total. The largest absolute Gasteiger partial charge is 0.447 e. The molecule has 34 heavy (non-hydrogen) atoms. The summed E-state index contributed by atoms with van der Waals surface area (Å²) in [7, 11) is 0. The van der Waals surface area contributed by atoms with Crippen LogP contribution >= 0.6 is 0 Å². The summed E-state index contributed by atoms with van der Waals surface area (Å²) < 4.78 is 57.8. The Labute approximate surface area is 195 Å². The van der Waals surface area contributed by atoms with Crippen molar-refractivity contribution >= 4 is 5.91 Å². The molecule has 1 N–H and O–H groups in total. The zero-order valence-electron chi connectivity index (χ0n) is 19.2. The molecular formula is C25H27F4N3O2. The van der Waals surface area contributed by atoms with Crippen molar-refractivity contribution in [2.45, 2.75) is 52.6 Å². The van der Waals surface area contributed by atoms with Crippen molar-refractivity contribution in [3.8, 4) is 0 Å². The number of halogens is 4. The van der Waals surface area contributed by atoms with Crippen LogP contribution in [0.4, 0.5) is 17.6 Å². The smallest absolute Gasteiger partial charge is 0.416 e. The number of nitrogens with zero attached hydrogens (tertiary/aromatic N) is 2. The number of hydrogen-bond acceptors (Lipinski definition) is 4. The molecule has 0 radical (unpaired) electrons. The van der Waals surface area contributed by atoms with E-state index in [1.54, 1.807) is 18.2 Å². The van der Waals surface area contributed by atoms with Gasteiger partial charge in [-0.1, -0.05) is 44.2 Å². The Morgan fingerprint density at radius 3 is 2.41 bits per heavy atom. The molecule has 1 atom stereocenters. The summed E-state index contributed by atoms with van der Waals surface area (Å²) in [6.07, 6.45) is -3.17. The third kappa shape index (κ3) is 6.90. The second-order valence-corrected chi connectivity index (χ2v) is 8.52. The second kappa shape index (κ2) is 10.8. The molecule has 0 bridgehead atoms. The topological polar surface area (TPSA) is 58.4 Å². The van der Waals surface area contributed by atoms with Crippen LogP contribution in [0.5, 0.6) is 0 Å². The monoisotopic (exact) mass is 477 g/mol. The van der Waals surface area contributed by atoms with Crippen LogP contribution in [0.2, 0.25) is 0 Å². The number of aromatic nitrogens is 1. The van der Waals surface area contributed by atoms with Gasteiger partial charge in [-0.3, -0.25) is 9.69 Å². The van der Waals surface area contributed by atoms with Crippen LogP contribution in [0.25, 0.3) is 0 Å². The molecule has 3 rings (SSSR count). The first-order chi connectivity index (χ1) is 16.0. The van der Waals surface area contributed by atoms with E-state index in [4.69, 9.17) is 4.42 Å². The summed E-state index contributed by atoms with van der Waals surface area (Å²) >= 11 is 0. The highest BCUT2D eigenvalue weighted by Crippen LogP contribution is 2.30. The molecule has 2 aromatic carbocycles. The van der Waals surface area contributed by atoms with E-state index >= 15 is 0 Å². The van der Waals surface area contributed by atoms with Gasteiger partial charge < -0.3 is 9.73 Å². The first-order valence-electron chi connectivity index (χ1n) is 10.9. The lowest BCUT2D eigenvalue weighted by Gasteiger charge is -2.31. The molecule has 9 heteroatoms. The van der Waals surface area contributed by atoms with Gasteiger partial charge in [0.15, 0.2) is 5.69 Å². The molecule has 1 amide bonds. The minimum atomic E-state index is -4.41. The van der Waals surface area contributed by atoms with Crippen LogP contribution in [0.3, 0.4) is 0 Å². The molecule has 3 aromatic rings. The van der Waals surface area contributed by atoms with Gasteiger partial charge in [0.2, 0.25) is 5.89 Å². The van der Waals surface area contributed by atoms with Crippen molar-refractivity contribution in [3.63, 3.8) is 0 Å². The molecule has 0 fully saturated rings. The standard InChI is InChI=1S/C25H27F4N3O2/c1-16(2)17(3)32(13-19-5-4-6-20(11-19)25(27,28)29)14-23-31-22(15-34-23)24(33)30-12-18-7-9-21(26)10-8-18/h4-11,15-17H,12-14H2,1-3H3,(H,30,33)/t17-/m0/s1. The van der Waals surface area contributed by atoms with Crippen LogP contribution < -0.4 is 5.32 Å². The predicted octanol–water partition coefficient (Wildman–Crippen LogP) is 5.81. The molecule has 0 saturated heterocycles. The number of carbonyl (C=O) groups is 1. The summed E-state index contributed by atoms with van der Waals surface area (Å²) in [6, 6.07) is 11.0. The summed E-state index contributed by atoms with van der Waals surface area (Å²) in [5.74, 6) is -0.298. The van der Waals surface area contributed by atoms with Crippen molar-refractivity contribution < 1.29 is 26.8 Å². The number of carbonyl (C=O) groups excluding carboxylic acids is 1. The van der Waals surface area contributed by atoms with E-state index in [9.17, 15) is 22.4 Å².